The predicted molar refractivity (Wildman–Crippen MR) is 91.7 cm³/mol. The summed E-state index contributed by atoms with van der Waals surface area (Å²) in [5.74, 6) is -0.326. The zero-order valence-electron chi connectivity index (χ0n) is 13.9. The molecule has 5 heteroatoms. The van der Waals surface area contributed by atoms with Crippen LogP contribution in [-0.2, 0) is 0 Å². The molecule has 0 aromatic heterocycles. The minimum atomic E-state index is -0.185. The van der Waals surface area contributed by atoms with Crippen LogP contribution in [-0.4, -0.2) is 38.0 Å². The van der Waals surface area contributed by atoms with Crippen molar-refractivity contribution in [3.05, 3.63) is 35.4 Å². The van der Waals surface area contributed by atoms with Crippen molar-refractivity contribution in [2.75, 3.05) is 20.1 Å². The molecule has 126 valence electrons. The molecule has 1 saturated carbocycles. The highest BCUT2D eigenvalue weighted by Crippen LogP contribution is 2.16. The average Bonchev–Trinajstić information content (AvgIpc) is 2.86. The quantitative estimate of drug-likeness (QED) is 0.556. The van der Waals surface area contributed by atoms with E-state index in [2.05, 4.69) is 16.0 Å². The monoisotopic (exact) mass is 317 g/mol. The van der Waals surface area contributed by atoms with E-state index in [0.717, 1.165) is 6.54 Å². The molecule has 2 amide bonds. The van der Waals surface area contributed by atoms with E-state index in [9.17, 15) is 9.59 Å². The van der Waals surface area contributed by atoms with Crippen LogP contribution in [0.4, 0.5) is 0 Å². The summed E-state index contributed by atoms with van der Waals surface area (Å²) >= 11 is 0. The van der Waals surface area contributed by atoms with Gasteiger partial charge in [-0.3, -0.25) is 9.59 Å². The Bertz CT molecular complexity index is 523. The van der Waals surface area contributed by atoms with E-state index in [4.69, 9.17) is 0 Å². The van der Waals surface area contributed by atoms with Crippen LogP contribution in [0, 0.1) is 0 Å². The molecule has 1 aliphatic carbocycles. The van der Waals surface area contributed by atoms with Gasteiger partial charge in [-0.05, 0) is 31.0 Å². The molecule has 0 bridgehead atoms. The second-order valence-corrected chi connectivity index (χ2v) is 6.06. The molecular formula is C18H27N3O2. The first-order valence-corrected chi connectivity index (χ1v) is 8.54. The minimum absolute atomic E-state index is 0.140. The van der Waals surface area contributed by atoms with Crippen LogP contribution in [0.2, 0.25) is 0 Å². The largest absolute Gasteiger partial charge is 0.355 e. The third-order valence-electron chi connectivity index (χ3n) is 4.31. The molecule has 1 aliphatic rings. The molecule has 0 aliphatic heterocycles. The van der Waals surface area contributed by atoms with Crippen LogP contribution in [0.1, 0.15) is 59.2 Å². The second-order valence-electron chi connectivity index (χ2n) is 6.06. The molecule has 1 aromatic rings. The molecule has 0 spiro atoms. The van der Waals surface area contributed by atoms with Gasteiger partial charge in [0.2, 0.25) is 0 Å². The maximum atomic E-state index is 12.1. The second kappa shape index (κ2) is 9.30. The van der Waals surface area contributed by atoms with E-state index in [1.54, 1.807) is 31.3 Å². The molecule has 0 atom stereocenters. The fourth-order valence-electron chi connectivity index (χ4n) is 2.98. The van der Waals surface area contributed by atoms with Crippen LogP contribution in [0.3, 0.4) is 0 Å². The topological polar surface area (TPSA) is 70.2 Å². The molecule has 0 unspecified atom stereocenters. The van der Waals surface area contributed by atoms with Crippen molar-refractivity contribution in [3.8, 4) is 0 Å². The molecule has 0 radical (unpaired) electrons. The highest BCUT2D eigenvalue weighted by atomic mass is 16.2. The summed E-state index contributed by atoms with van der Waals surface area (Å²) in [6, 6.07) is 7.35. The summed E-state index contributed by atoms with van der Waals surface area (Å²) in [5.41, 5.74) is 1.01. The van der Waals surface area contributed by atoms with Crippen LogP contribution >= 0.6 is 0 Å². The van der Waals surface area contributed by atoms with Crippen molar-refractivity contribution in [3.63, 3.8) is 0 Å². The molecule has 0 saturated heterocycles. The Hall–Kier alpha value is -1.88. The van der Waals surface area contributed by atoms with Gasteiger partial charge in [-0.25, -0.2) is 0 Å². The summed E-state index contributed by atoms with van der Waals surface area (Å²) in [4.78, 5) is 23.7. The Morgan fingerprint density at radius 1 is 1.00 bits per heavy atom. The standard InChI is InChI=1S/C18H27N3O2/c1-19-17(22)14-7-6-8-15(13-14)18(23)21-12-11-20-16-9-4-2-3-5-10-16/h6-8,13,16,20H,2-5,9-12H2,1H3,(H,19,22)(H,21,23). The van der Waals surface area contributed by atoms with Crippen molar-refractivity contribution in [2.45, 2.75) is 44.6 Å². The van der Waals surface area contributed by atoms with E-state index in [1.807, 2.05) is 0 Å². The Balaban J connectivity index is 1.75. The van der Waals surface area contributed by atoms with Gasteiger partial charge in [0.25, 0.3) is 11.8 Å². The molecule has 2 rings (SSSR count). The lowest BCUT2D eigenvalue weighted by atomic mass is 10.1. The first kappa shape index (κ1) is 17.5. The first-order valence-electron chi connectivity index (χ1n) is 8.54. The smallest absolute Gasteiger partial charge is 0.251 e. The van der Waals surface area contributed by atoms with E-state index in [0.29, 0.717) is 23.7 Å². The zero-order chi connectivity index (χ0) is 16.5. The van der Waals surface area contributed by atoms with Crippen LogP contribution in [0.25, 0.3) is 0 Å². The van der Waals surface area contributed by atoms with Gasteiger partial charge in [-0.15, -0.1) is 0 Å². The summed E-state index contributed by atoms with van der Waals surface area (Å²) in [7, 11) is 1.58. The summed E-state index contributed by atoms with van der Waals surface area (Å²) in [6.45, 7) is 1.38. The predicted octanol–water partition coefficient (Wildman–Crippen LogP) is 2.09. The van der Waals surface area contributed by atoms with E-state index in [1.165, 1.54) is 38.5 Å². The number of benzene rings is 1. The lowest BCUT2D eigenvalue weighted by Crippen LogP contribution is -2.36. The number of amides is 2. The maximum absolute atomic E-state index is 12.1. The van der Waals surface area contributed by atoms with Crippen molar-refractivity contribution in [1.29, 1.82) is 0 Å². The number of carbonyl (C=O) groups excluding carboxylic acids is 2. The molecule has 0 heterocycles. The van der Waals surface area contributed by atoms with Gasteiger partial charge in [0.15, 0.2) is 0 Å². The summed E-state index contributed by atoms with van der Waals surface area (Å²) in [5, 5.41) is 8.99. The molecule has 1 fully saturated rings. The average molecular weight is 317 g/mol. The number of hydrogen-bond acceptors (Lipinski definition) is 3. The van der Waals surface area contributed by atoms with Gasteiger partial charge in [-0.2, -0.15) is 0 Å². The lowest BCUT2D eigenvalue weighted by molar-refractivity contribution is 0.0953. The van der Waals surface area contributed by atoms with Gasteiger partial charge in [0, 0.05) is 37.3 Å². The molecule has 1 aromatic carbocycles. The third kappa shape index (κ3) is 5.67. The molecule has 3 N–H and O–H groups in total. The van der Waals surface area contributed by atoms with Crippen LogP contribution < -0.4 is 16.0 Å². The molecular weight excluding hydrogens is 290 g/mol. The zero-order valence-corrected chi connectivity index (χ0v) is 13.9. The van der Waals surface area contributed by atoms with Gasteiger partial charge in [0.1, 0.15) is 0 Å². The van der Waals surface area contributed by atoms with E-state index >= 15 is 0 Å². The van der Waals surface area contributed by atoms with Crippen molar-refractivity contribution < 1.29 is 9.59 Å². The first-order chi connectivity index (χ1) is 11.2. The Morgan fingerprint density at radius 3 is 2.30 bits per heavy atom. The van der Waals surface area contributed by atoms with Crippen molar-refractivity contribution in [2.24, 2.45) is 0 Å². The molecule has 23 heavy (non-hydrogen) atoms. The fraction of sp³-hybridized carbons (Fsp3) is 0.556. The normalized spacial score (nSPS) is 15.7. The van der Waals surface area contributed by atoms with E-state index in [-0.39, 0.29) is 11.8 Å². The number of carbonyl (C=O) groups is 2. The summed E-state index contributed by atoms with van der Waals surface area (Å²) < 4.78 is 0. The van der Waals surface area contributed by atoms with E-state index < -0.39 is 0 Å². The highest BCUT2D eigenvalue weighted by molar-refractivity contribution is 5.99. The highest BCUT2D eigenvalue weighted by Gasteiger charge is 2.12. The maximum Gasteiger partial charge on any atom is 0.251 e. The summed E-state index contributed by atoms with van der Waals surface area (Å²) in [6.07, 6.45) is 7.77. The number of nitrogens with one attached hydrogen (secondary N) is 3. The Labute approximate surface area is 138 Å². The fourth-order valence-corrected chi connectivity index (χ4v) is 2.98. The molecule has 5 nitrogen and oxygen atoms in total. The Kier molecular flexibility index (Phi) is 7.07. The number of rotatable bonds is 6. The van der Waals surface area contributed by atoms with Crippen molar-refractivity contribution in [1.82, 2.24) is 16.0 Å². The number of hydrogen-bond donors (Lipinski definition) is 3. The minimum Gasteiger partial charge on any atom is -0.355 e. The SMILES string of the molecule is CNC(=O)c1cccc(C(=O)NCCNC2CCCCCC2)c1. The Morgan fingerprint density at radius 2 is 1.65 bits per heavy atom. The van der Waals surface area contributed by atoms with Crippen LogP contribution in [0.5, 0.6) is 0 Å². The van der Waals surface area contributed by atoms with Gasteiger partial charge in [0.05, 0.1) is 0 Å². The van der Waals surface area contributed by atoms with Crippen molar-refractivity contribution >= 4 is 11.8 Å². The van der Waals surface area contributed by atoms with Gasteiger partial charge < -0.3 is 16.0 Å². The third-order valence-corrected chi connectivity index (χ3v) is 4.31. The van der Waals surface area contributed by atoms with Crippen LogP contribution in [0.15, 0.2) is 24.3 Å². The van der Waals surface area contributed by atoms with Gasteiger partial charge in [-0.1, -0.05) is 31.7 Å². The lowest BCUT2D eigenvalue weighted by Gasteiger charge is -2.16. The van der Waals surface area contributed by atoms with Gasteiger partial charge >= 0.3 is 0 Å².